The maximum Gasteiger partial charge on any atom is 0.234 e. The summed E-state index contributed by atoms with van der Waals surface area (Å²) in [5.74, 6) is 1.18. The van der Waals surface area contributed by atoms with Gasteiger partial charge in [-0.05, 0) is 6.26 Å². The van der Waals surface area contributed by atoms with Gasteiger partial charge in [0.2, 0.25) is 5.91 Å². The van der Waals surface area contributed by atoms with E-state index in [9.17, 15) is 4.79 Å². The van der Waals surface area contributed by atoms with Crippen molar-refractivity contribution in [2.75, 3.05) is 25.1 Å². The number of carbonyl (C=O) groups excluding carboxylic acids is 1. The minimum absolute atomic E-state index is 0.109. The van der Waals surface area contributed by atoms with Crippen molar-refractivity contribution in [1.82, 2.24) is 10.6 Å². The van der Waals surface area contributed by atoms with Crippen LogP contribution in [0.15, 0.2) is 0 Å². The summed E-state index contributed by atoms with van der Waals surface area (Å²) >= 11 is 1.80. The van der Waals surface area contributed by atoms with Crippen LogP contribution in [0.1, 0.15) is 0 Å². The number of hydrogen-bond acceptors (Lipinski definition) is 3. The highest BCUT2D eigenvalue weighted by atomic mass is 32.2. The SMILES string of the molecule is CSCC1CNC(=O)CN1. The standard InChI is InChI=1S/C6H12N2OS/c1-10-4-5-2-8-6(9)3-7-5/h5,7H,2-4H2,1H3,(H,8,9). The zero-order chi connectivity index (χ0) is 7.40. The highest BCUT2D eigenvalue weighted by molar-refractivity contribution is 7.98. The van der Waals surface area contributed by atoms with E-state index in [4.69, 9.17) is 0 Å². The number of nitrogens with one attached hydrogen (secondary N) is 2. The van der Waals surface area contributed by atoms with E-state index in [1.807, 2.05) is 0 Å². The zero-order valence-electron chi connectivity index (χ0n) is 6.02. The number of amides is 1. The molecule has 1 rings (SSSR count). The normalized spacial score (nSPS) is 26.1. The fourth-order valence-electron chi connectivity index (χ4n) is 0.928. The predicted octanol–water partition coefficient (Wildman–Crippen LogP) is -0.563. The molecule has 0 aromatic carbocycles. The monoisotopic (exact) mass is 160 g/mol. The van der Waals surface area contributed by atoms with Gasteiger partial charge in [-0.25, -0.2) is 0 Å². The van der Waals surface area contributed by atoms with E-state index < -0.39 is 0 Å². The molecular formula is C6H12N2OS. The van der Waals surface area contributed by atoms with Crippen molar-refractivity contribution >= 4 is 17.7 Å². The predicted molar refractivity (Wildman–Crippen MR) is 43.2 cm³/mol. The summed E-state index contributed by atoms with van der Waals surface area (Å²) in [7, 11) is 0. The molecule has 1 unspecified atom stereocenters. The van der Waals surface area contributed by atoms with Crippen molar-refractivity contribution < 1.29 is 4.79 Å². The van der Waals surface area contributed by atoms with Crippen molar-refractivity contribution in [2.24, 2.45) is 0 Å². The Hall–Kier alpha value is -0.220. The lowest BCUT2D eigenvalue weighted by atomic mass is 10.3. The minimum atomic E-state index is 0.109. The number of hydrogen-bond donors (Lipinski definition) is 2. The second kappa shape index (κ2) is 3.83. The number of carbonyl (C=O) groups is 1. The smallest absolute Gasteiger partial charge is 0.234 e. The lowest BCUT2D eigenvalue weighted by Crippen LogP contribution is -2.52. The maximum atomic E-state index is 10.6. The average Bonchev–Trinajstić information content (AvgIpc) is 1.95. The molecule has 1 amide bonds. The van der Waals surface area contributed by atoms with Gasteiger partial charge in [-0.1, -0.05) is 0 Å². The molecule has 0 spiro atoms. The van der Waals surface area contributed by atoms with Crippen LogP contribution < -0.4 is 10.6 Å². The molecule has 58 valence electrons. The van der Waals surface area contributed by atoms with E-state index in [1.54, 1.807) is 11.8 Å². The van der Waals surface area contributed by atoms with Crippen LogP contribution in [-0.2, 0) is 4.79 Å². The molecule has 0 saturated carbocycles. The molecule has 4 heteroatoms. The van der Waals surface area contributed by atoms with E-state index in [0.717, 1.165) is 12.3 Å². The number of piperazine rings is 1. The Morgan fingerprint density at radius 2 is 2.60 bits per heavy atom. The molecule has 1 aliphatic rings. The fraction of sp³-hybridized carbons (Fsp3) is 0.833. The second-order valence-corrected chi connectivity index (χ2v) is 3.25. The van der Waals surface area contributed by atoms with Crippen LogP contribution in [0.3, 0.4) is 0 Å². The van der Waals surface area contributed by atoms with Crippen LogP contribution in [0.2, 0.25) is 0 Å². The topological polar surface area (TPSA) is 41.1 Å². The molecule has 3 nitrogen and oxygen atoms in total. The molecule has 0 bridgehead atoms. The highest BCUT2D eigenvalue weighted by Crippen LogP contribution is 1.97. The maximum absolute atomic E-state index is 10.6. The van der Waals surface area contributed by atoms with E-state index in [0.29, 0.717) is 12.6 Å². The van der Waals surface area contributed by atoms with Gasteiger partial charge in [0.1, 0.15) is 0 Å². The van der Waals surface area contributed by atoms with Crippen LogP contribution in [-0.4, -0.2) is 37.0 Å². The van der Waals surface area contributed by atoms with Gasteiger partial charge in [0.05, 0.1) is 6.54 Å². The molecule has 0 radical (unpaired) electrons. The number of thioether (sulfide) groups is 1. The van der Waals surface area contributed by atoms with Gasteiger partial charge < -0.3 is 10.6 Å². The third-order valence-corrected chi connectivity index (χ3v) is 2.20. The first-order valence-corrected chi connectivity index (χ1v) is 4.71. The average molecular weight is 160 g/mol. The molecule has 10 heavy (non-hydrogen) atoms. The van der Waals surface area contributed by atoms with Crippen LogP contribution in [0.4, 0.5) is 0 Å². The Morgan fingerprint density at radius 1 is 1.80 bits per heavy atom. The Kier molecular flexibility index (Phi) is 3.02. The van der Waals surface area contributed by atoms with Crippen molar-refractivity contribution in [1.29, 1.82) is 0 Å². The Labute approximate surface area is 64.9 Å². The first-order chi connectivity index (χ1) is 4.83. The third-order valence-electron chi connectivity index (χ3n) is 1.46. The molecular weight excluding hydrogens is 148 g/mol. The first-order valence-electron chi connectivity index (χ1n) is 3.32. The Morgan fingerprint density at radius 3 is 3.10 bits per heavy atom. The Balaban J connectivity index is 2.19. The molecule has 0 aliphatic carbocycles. The van der Waals surface area contributed by atoms with Crippen molar-refractivity contribution in [3.05, 3.63) is 0 Å². The van der Waals surface area contributed by atoms with E-state index in [2.05, 4.69) is 16.9 Å². The molecule has 1 atom stereocenters. The summed E-state index contributed by atoms with van der Waals surface area (Å²) in [6.07, 6.45) is 2.07. The van der Waals surface area contributed by atoms with Crippen LogP contribution in [0.5, 0.6) is 0 Å². The second-order valence-electron chi connectivity index (χ2n) is 2.34. The Bertz CT molecular complexity index is 119. The van der Waals surface area contributed by atoms with Gasteiger partial charge in [-0.3, -0.25) is 4.79 Å². The largest absolute Gasteiger partial charge is 0.353 e. The first kappa shape index (κ1) is 7.88. The summed E-state index contributed by atoms with van der Waals surface area (Å²) < 4.78 is 0. The van der Waals surface area contributed by atoms with Gasteiger partial charge in [-0.15, -0.1) is 0 Å². The highest BCUT2D eigenvalue weighted by Gasteiger charge is 2.15. The third kappa shape index (κ3) is 2.19. The molecule has 1 saturated heterocycles. The van der Waals surface area contributed by atoms with Gasteiger partial charge in [0, 0.05) is 18.3 Å². The summed E-state index contributed by atoms with van der Waals surface area (Å²) in [5, 5.41) is 5.94. The van der Waals surface area contributed by atoms with Crippen molar-refractivity contribution in [3.63, 3.8) is 0 Å². The lowest BCUT2D eigenvalue weighted by Gasteiger charge is -2.22. The summed E-state index contributed by atoms with van der Waals surface area (Å²) in [4.78, 5) is 10.6. The summed E-state index contributed by atoms with van der Waals surface area (Å²) in [6.45, 7) is 1.25. The van der Waals surface area contributed by atoms with Gasteiger partial charge in [0.25, 0.3) is 0 Å². The lowest BCUT2D eigenvalue weighted by molar-refractivity contribution is -0.121. The van der Waals surface area contributed by atoms with Gasteiger partial charge in [-0.2, -0.15) is 11.8 Å². The quantitative estimate of drug-likeness (QED) is 0.569. The van der Waals surface area contributed by atoms with Gasteiger partial charge in [0.15, 0.2) is 0 Å². The van der Waals surface area contributed by atoms with E-state index in [-0.39, 0.29) is 5.91 Å². The van der Waals surface area contributed by atoms with Crippen molar-refractivity contribution in [3.8, 4) is 0 Å². The van der Waals surface area contributed by atoms with Gasteiger partial charge >= 0.3 is 0 Å². The summed E-state index contributed by atoms with van der Waals surface area (Å²) in [6, 6.07) is 0.465. The number of rotatable bonds is 2. The molecule has 1 heterocycles. The molecule has 1 aliphatic heterocycles. The van der Waals surface area contributed by atoms with Crippen LogP contribution >= 0.6 is 11.8 Å². The van der Waals surface area contributed by atoms with E-state index in [1.165, 1.54) is 0 Å². The van der Waals surface area contributed by atoms with E-state index >= 15 is 0 Å². The van der Waals surface area contributed by atoms with Crippen molar-refractivity contribution in [2.45, 2.75) is 6.04 Å². The molecule has 0 aromatic rings. The minimum Gasteiger partial charge on any atom is -0.353 e. The molecule has 2 N–H and O–H groups in total. The molecule has 1 fully saturated rings. The zero-order valence-corrected chi connectivity index (χ0v) is 6.83. The fourth-order valence-corrected chi connectivity index (χ4v) is 1.57. The molecule has 0 aromatic heterocycles. The summed E-state index contributed by atoms with van der Waals surface area (Å²) in [5.41, 5.74) is 0. The van der Waals surface area contributed by atoms with Crippen LogP contribution in [0.25, 0.3) is 0 Å². The van der Waals surface area contributed by atoms with Crippen LogP contribution in [0, 0.1) is 0 Å².